The van der Waals surface area contributed by atoms with Crippen molar-refractivity contribution in [3.63, 3.8) is 0 Å². The van der Waals surface area contributed by atoms with Gasteiger partial charge in [0.05, 0.1) is 0 Å². The van der Waals surface area contributed by atoms with Crippen molar-refractivity contribution in [2.24, 2.45) is 17.1 Å². The molecular weight excluding hydrogens is 162 g/mol. The smallest absolute Gasteiger partial charge is 0.244 e. The van der Waals surface area contributed by atoms with Gasteiger partial charge in [0.15, 0.2) is 0 Å². The van der Waals surface area contributed by atoms with E-state index in [4.69, 9.17) is 5.73 Å². The highest BCUT2D eigenvalue weighted by molar-refractivity contribution is 5.91. The zero-order valence-electron chi connectivity index (χ0n) is 8.76. The van der Waals surface area contributed by atoms with Gasteiger partial charge >= 0.3 is 0 Å². The van der Waals surface area contributed by atoms with Crippen molar-refractivity contribution in [2.75, 3.05) is 0 Å². The average molecular weight is 181 g/mol. The molecule has 13 heavy (non-hydrogen) atoms. The number of amides is 1. The normalized spacial score (nSPS) is 23.9. The fourth-order valence-electron chi connectivity index (χ4n) is 1.84. The average Bonchev–Trinajstić information content (AvgIpc) is 2.03. The quantitative estimate of drug-likeness (QED) is 0.662. The fraction of sp³-hybridized carbons (Fsp3) is 0.727. The number of carbonyl (C=O) groups excluding carboxylic acids is 1. The summed E-state index contributed by atoms with van der Waals surface area (Å²) in [6, 6.07) is 0. The number of rotatable bonds is 1. The number of carbonyl (C=O) groups is 1. The first kappa shape index (κ1) is 10.3. The third-order valence-corrected chi connectivity index (χ3v) is 2.95. The number of allylic oxidation sites excluding steroid dienone is 1. The van der Waals surface area contributed by atoms with Crippen LogP contribution in [0.15, 0.2) is 11.6 Å². The van der Waals surface area contributed by atoms with Gasteiger partial charge in [-0.15, -0.1) is 0 Å². The summed E-state index contributed by atoms with van der Waals surface area (Å²) in [6.45, 7) is 6.75. The first-order chi connectivity index (χ1) is 5.91. The molecule has 1 atom stereocenters. The van der Waals surface area contributed by atoms with Crippen LogP contribution < -0.4 is 5.73 Å². The van der Waals surface area contributed by atoms with Gasteiger partial charge < -0.3 is 5.73 Å². The molecule has 0 saturated heterocycles. The van der Waals surface area contributed by atoms with E-state index in [-0.39, 0.29) is 5.91 Å². The Hall–Kier alpha value is -0.790. The summed E-state index contributed by atoms with van der Waals surface area (Å²) in [5.41, 5.74) is 6.38. The van der Waals surface area contributed by atoms with Crippen molar-refractivity contribution in [3.8, 4) is 0 Å². The first-order valence-corrected chi connectivity index (χ1v) is 4.90. The molecule has 1 aliphatic rings. The highest BCUT2D eigenvalue weighted by Gasteiger charge is 2.26. The van der Waals surface area contributed by atoms with Gasteiger partial charge in [0.1, 0.15) is 0 Å². The van der Waals surface area contributed by atoms with Gasteiger partial charge in [-0.05, 0) is 30.6 Å². The van der Waals surface area contributed by atoms with Crippen LogP contribution in [-0.4, -0.2) is 5.91 Å². The molecule has 1 aliphatic carbocycles. The topological polar surface area (TPSA) is 43.1 Å². The van der Waals surface area contributed by atoms with Crippen LogP contribution in [0.3, 0.4) is 0 Å². The van der Waals surface area contributed by atoms with Crippen molar-refractivity contribution < 1.29 is 4.79 Å². The predicted octanol–water partition coefficient (Wildman–Crippen LogP) is 2.24. The van der Waals surface area contributed by atoms with Crippen LogP contribution in [0.2, 0.25) is 0 Å². The Labute approximate surface area is 80.2 Å². The Balaban J connectivity index is 2.61. The maximum Gasteiger partial charge on any atom is 0.244 e. The minimum Gasteiger partial charge on any atom is -0.366 e. The Morgan fingerprint density at radius 2 is 2.15 bits per heavy atom. The van der Waals surface area contributed by atoms with Crippen molar-refractivity contribution in [3.05, 3.63) is 11.6 Å². The zero-order valence-corrected chi connectivity index (χ0v) is 8.76. The fourth-order valence-corrected chi connectivity index (χ4v) is 1.84. The second-order valence-corrected chi connectivity index (χ2v) is 4.93. The number of primary amides is 1. The Morgan fingerprint density at radius 1 is 1.54 bits per heavy atom. The minimum atomic E-state index is -0.243. The molecule has 0 aromatic carbocycles. The second kappa shape index (κ2) is 3.52. The molecule has 1 amide bonds. The number of nitrogens with two attached hydrogens (primary N) is 1. The third kappa shape index (κ3) is 2.58. The van der Waals surface area contributed by atoms with Crippen LogP contribution in [0.1, 0.15) is 40.0 Å². The Bertz CT molecular complexity index is 235. The van der Waals surface area contributed by atoms with Crippen molar-refractivity contribution in [1.29, 1.82) is 0 Å². The maximum absolute atomic E-state index is 10.9. The number of hydrogen-bond donors (Lipinski definition) is 1. The van der Waals surface area contributed by atoms with Crippen LogP contribution in [-0.2, 0) is 4.79 Å². The molecule has 1 unspecified atom stereocenters. The van der Waals surface area contributed by atoms with Crippen LogP contribution >= 0.6 is 0 Å². The minimum absolute atomic E-state index is 0.243. The molecular formula is C11H19NO. The van der Waals surface area contributed by atoms with Gasteiger partial charge in [-0.2, -0.15) is 0 Å². The standard InChI is InChI=1S/C11H19NO/c1-11(2,3)9-6-4-8(5-7-9)10(12)13/h4,9H,5-7H2,1-3H3,(H2,12,13). The van der Waals surface area contributed by atoms with E-state index in [1.54, 1.807) is 0 Å². The van der Waals surface area contributed by atoms with Crippen LogP contribution in [0.5, 0.6) is 0 Å². The molecule has 2 heteroatoms. The van der Waals surface area contributed by atoms with E-state index in [9.17, 15) is 4.79 Å². The number of hydrogen-bond acceptors (Lipinski definition) is 1. The first-order valence-electron chi connectivity index (χ1n) is 4.90. The molecule has 2 N–H and O–H groups in total. The lowest BCUT2D eigenvalue weighted by Gasteiger charge is -2.32. The summed E-state index contributed by atoms with van der Waals surface area (Å²) < 4.78 is 0. The van der Waals surface area contributed by atoms with Gasteiger partial charge in [0.25, 0.3) is 0 Å². The Kier molecular flexibility index (Phi) is 2.79. The lowest BCUT2D eigenvalue weighted by molar-refractivity contribution is -0.114. The van der Waals surface area contributed by atoms with Crippen LogP contribution in [0.4, 0.5) is 0 Å². The summed E-state index contributed by atoms with van der Waals surface area (Å²) in [4.78, 5) is 10.9. The largest absolute Gasteiger partial charge is 0.366 e. The molecule has 0 aromatic heterocycles. The second-order valence-electron chi connectivity index (χ2n) is 4.93. The van der Waals surface area contributed by atoms with Gasteiger partial charge in [0.2, 0.25) is 5.91 Å². The third-order valence-electron chi connectivity index (χ3n) is 2.95. The molecule has 74 valence electrons. The molecule has 0 aromatic rings. The lowest BCUT2D eigenvalue weighted by Crippen LogP contribution is -2.25. The molecule has 0 aliphatic heterocycles. The molecule has 0 radical (unpaired) electrons. The zero-order chi connectivity index (χ0) is 10.1. The highest BCUT2D eigenvalue weighted by Crippen LogP contribution is 2.36. The SMILES string of the molecule is CC(C)(C)C1CC=C(C(N)=O)CC1. The van der Waals surface area contributed by atoms with E-state index in [2.05, 4.69) is 20.8 Å². The highest BCUT2D eigenvalue weighted by atomic mass is 16.1. The van der Waals surface area contributed by atoms with Gasteiger partial charge in [-0.3, -0.25) is 4.79 Å². The summed E-state index contributed by atoms with van der Waals surface area (Å²) in [7, 11) is 0. The van der Waals surface area contributed by atoms with Crippen molar-refractivity contribution in [1.82, 2.24) is 0 Å². The van der Waals surface area contributed by atoms with Gasteiger partial charge in [0, 0.05) is 5.57 Å². The molecule has 1 rings (SSSR count). The summed E-state index contributed by atoms with van der Waals surface area (Å²) >= 11 is 0. The molecule has 0 spiro atoms. The Morgan fingerprint density at radius 3 is 2.46 bits per heavy atom. The van der Waals surface area contributed by atoms with E-state index >= 15 is 0 Å². The maximum atomic E-state index is 10.9. The molecule has 0 saturated carbocycles. The van der Waals surface area contributed by atoms with E-state index in [1.165, 1.54) is 0 Å². The summed E-state index contributed by atoms with van der Waals surface area (Å²) in [6.07, 6.45) is 4.97. The van der Waals surface area contributed by atoms with Gasteiger partial charge in [-0.1, -0.05) is 26.8 Å². The van der Waals surface area contributed by atoms with Crippen molar-refractivity contribution in [2.45, 2.75) is 40.0 Å². The lowest BCUT2D eigenvalue weighted by atomic mass is 9.73. The van der Waals surface area contributed by atoms with Gasteiger partial charge in [-0.25, -0.2) is 0 Å². The molecule has 0 heterocycles. The molecule has 0 bridgehead atoms. The van der Waals surface area contributed by atoms with Crippen molar-refractivity contribution >= 4 is 5.91 Å². The van der Waals surface area contributed by atoms with E-state index in [0.29, 0.717) is 11.3 Å². The van der Waals surface area contributed by atoms with E-state index in [0.717, 1.165) is 24.8 Å². The van der Waals surface area contributed by atoms with Crippen LogP contribution in [0, 0.1) is 11.3 Å². The molecule has 2 nitrogen and oxygen atoms in total. The van der Waals surface area contributed by atoms with Crippen LogP contribution in [0.25, 0.3) is 0 Å². The summed E-state index contributed by atoms with van der Waals surface area (Å²) in [5.74, 6) is 0.447. The predicted molar refractivity (Wildman–Crippen MR) is 54.1 cm³/mol. The van der Waals surface area contributed by atoms with E-state index in [1.807, 2.05) is 6.08 Å². The summed E-state index contributed by atoms with van der Waals surface area (Å²) in [5, 5.41) is 0. The van der Waals surface area contributed by atoms with E-state index < -0.39 is 0 Å². The monoisotopic (exact) mass is 181 g/mol. The molecule has 0 fully saturated rings.